The van der Waals surface area contributed by atoms with Crippen molar-refractivity contribution in [1.82, 2.24) is 39.3 Å². The number of aromatic nitrogens is 8. The minimum Gasteiger partial charge on any atom is -0.268 e. The predicted molar refractivity (Wildman–Crippen MR) is 94.0 cm³/mol. The minimum absolute atomic E-state index is 0.273. The van der Waals surface area contributed by atoms with Crippen LogP contribution in [0.3, 0.4) is 0 Å². The van der Waals surface area contributed by atoms with E-state index in [0.717, 1.165) is 5.56 Å². The lowest BCUT2D eigenvalue weighted by molar-refractivity contribution is 0.895. The summed E-state index contributed by atoms with van der Waals surface area (Å²) in [6.07, 6.45) is 3.03. The molecule has 9 heteroatoms. The summed E-state index contributed by atoms with van der Waals surface area (Å²) < 4.78 is 2.97. The fourth-order valence-corrected chi connectivity index (χ4v) is 2.98. The van der Waals surface area contributed by atoms with E-state index in [-0.39, 0.29) is 11.5 Å². The summed E-state index contributed by atoms with van der Waals surface area (Å²) in [4.78, 5) is 26.1. The highest BCUT2D eigenvalue weighted by molar-refractivity contribution is 5.93. The highest BCUT2D eigenvalue weighted by atomic mass is 16.1. The Bertz CT molecular complexity index is 1320. The average Bonchev–Trinajstić information content (AvgIpc) is 3.29. The zero-order chi connectivity index (χ0) is 17.7. The van der Waals surface area contributed by atoms with Gasteiger partial charge in [-0.25, -0.2) is 9.55 Å². The predicted octanol–water partition coefficient (Wildman–Crippen LogP) is 1.52. The molecule has 0 radical (unpaired) electrons. The summed E-state index contributed by atoms with van der Waals surface area (Å²) in [6, 6.07) is 11.3. The summed E-state index contributed by atoms with van der Waals surface area (Å²) in [5.41, 5.74) is 1.74. The lowest BCUT2D eigenvalue weighted by Crippen LogP contribution is -2.21. The highest BCUT2D eigenvalue weighted by Gasteiger charge is 2.18. The second-order valence-corrected chi connectivity index (χ2v) is 5.77. The van der Waals surface area contributed by atoms with Crippen molar-refractivity contribution >= 4 is 16.7 Å². The van der Waals surface area contributed by atoms with Gasteiger partial charge in [0.1, 0.15) is 12.2 Å². The van der Waals surface area contributed by atoms with Gasteiger partial charge in [0.25, 0.3) is 17.3 Å². The first-order valence-electron chi connectivity index (χ1n) is 7.92. The number of H-pyrrole nitrogens is 1. The van der Waals surface area contributed by atoms with Gasteiger partial charge in [-0.15, -0.1) is 5.10 Å². The molecule has 4 heterocycles. The number of rotatable bonds is 2. The summed E-state index contributed by atoms with van der Waals surface area (Å²) in [6.45, 7) is 1.78. The van der Waals surface area contributed by atoms with Crippen LogP contribution in [0.25, 0.3) is 33.9 Å². The molecule has 5 aromatic rings. The minimum atomic E-state index is -0.273. The van der Waals surface area contributed by atoms with Crippen LogP contribution in [0.5, 0.6) is 0 Å². The monoisotopic (exact) mass is 344 g/mol. The van der Waals surface area contributed by atoms with E-state index in [1.165, 1.54) is 10.9 Å². The molecule has 1 N–H and O–H groups in total. The fourth-order valence-electron chi connectivity index (χ4n) is 2.98. The quantitative estimate of drug-likeness (QED) is 0.520. The second kappa shape index (κ2) is 5.31. The number of fused-ring (bicyclic) bond motifs is 2. The van der Waals surface area contributed by atoms with Crippen LogP contribution in [-0.4, -0.2) is 39.3 Å². The average molecular weight is 344 g/mol. The van der Waals surface area contributed by atoms with E-state index >= 15 is 0 Å². The van der Waals surface area contributed by atoms with Crippen LogP contribution in [0.2, 0.25) is 0 Å². The lowest BCUT2D eigenvalue weighted by Gasteiger charge is -2.09. The molecule has 1 aromatic carbocycles. The van der Waals surface area contributed by atoms with Crippen molar-refractivity contribution in [3.63, 3.8) is 0 Å². The van der Waals surface area contributed by atoms with Gasteiger partial charge in [0.2, 0.25) is 0 Å². The van der Waals surface area contributed by atoms with Crippen molar-refractivity contribution in [2.24, 2.45) is 0 Å². The van der Waals surface area contributed by atoms with Gasteiger partial charge in [0, 0.05) is 11.8 Å². The maximum atomic E-state index is 13.3. The Morgan fingerprint density at radius 3 is 2.69 bits per heavy atom. The van der Waals surface area contributed by atoms with Crippen LogP contribution >= 0.6 is 0 Å². The number of pyridine rings is 1. The van der Waals surface area contributed by atoms with Crippen LogP contribution in [0.1, 0.15) is 5.82 Å². The van der Waals surface area contributed by atoms with Gasteiger partial charge in [-0.05, 0) is 13.0 Å². The summed E-state index contributed by atoms with van der Waals surface area (Å²) in [5, 5.41) is 11.5. The summed E-state index contributed by atoms with van der Waals surface area (Å²) >= 11 is 0. The van der Waals surface area contributed by atoms with E-state index in [2.05, 4.69) is 30.2 Å². The molecule has 0 aliphatic heterocycles. The zero-order valence-corrected chi connectivity index (χ0v) is 13.7. The van der Waals surface area contributed by atoms with Crippen molar-refractivity contribution in [3.8, 4) is 17.2 Å². The molecule has 5 rings (SSSR count). The molecule has 0 saturated heterocycles. The normalized spacial score (nSPS) is 11.4. The molecule has 0 aliphatic carbocycles. The molecule has 9 nitrogen and oxygen atoms in total. The van der Waals surface area contributed by atoms with Gasteiger partial charge in [-0.2, -0.15) is 19.6 Å². The molecule has 0 unspecified atom stereocenters. The van der Waals surface area contributed by atoms with Gasteiger partial charge in [0.15, 0.2) is 0 Å². The summed E-state index contributed by atoms with van der Waals surface area (Å²) in [5.74, 6) is 1.34. The molecule has 0 fully saturated rings. The van der Waals surface area contributed by atoms with Gasteiger partial charge in [-0.3, -0.25) is 9.89 Å². The number of aryl methyl sites for hydroxylation is 1. The number of hydrogen-bond acceptors (Lipinski definition) is 6. The van der Waals surface area contributed by atoms with Gasteiger partial charge in [-0.1, -0.05) is 30.3 Å². The fraction of sp³-hybridized carbons (Fsp3) is 0.0588. The molecule has 0 atom stereocenters. The van der Waals surface area contributed by atoms with Crippen molar-refractivity contribution in [3.05, 3.63) is 65.1 Å². The Labute approximate surface area is 146 Å². The van der Waals surface area contributed by atoms with Crippen molar-refractivity contribution < 1.29 is 0 Å². The van der Waals surface area contributed by atoms with Crippen LogP contribution in [-0.2, 0) is 0 Å². The maximum Gasteiger partial charge on any atom is 0.269 e. The molecule has 4 aromatic heterocycles. The smallest absolute Gasteiger partial charge is 0.268 e. The Kier molecular flexibility index (Phi) is 2.95. The van der Waals surface area contributed by atoms with E-state index in [1.54, 1.807) is 23.7 Å². The largest absolute Gasteiger partial charge is 0.269 e. The van der Waals surface area contributed by atoms with E-state index in [9.17, 15) is 4.79 Å². The van der Waals surface area contributed by atoms with Crippen LogP contribution in [0, 0.1) is 6.92 Å². The van der Waals surface area contributed by atoms with Crippen molar-refractivity contribution in [2.45, 2.75) is 6.92 Å². The second-order valence-electron chi connectivity index (χ2n) is 5.77. The molecule has 0 saturated carbocycles. The molecular formula is C17H12N8O. The van der Waals surface area contributed by atoms with Crippen molar-refractivity contribution in [1.29, 1.82) is 0 Å². The number of benzene rings is 1. The molecule has 0 spiro atoms. The third-order valence-corrected chi connectivity index (χ3v) is 4.12. The van der Waals surface area contributed by atoms with Gasteiger partial charge >= 0.3 is 0 Å². The SMILES string of the molecule is Cc1nc(-n2ccc3nc4ncnn4c(-c4ccccc4)c3c2=O)n[nH]1. The van der Waals surface area contributed by atoms with Crippen molar-refractivity contribution in [2.75, 3.05) is 0 Å². The highest BCUT2D eigenvalue weighted by Crippen LogP contribution is 2.25. The third kappa shape index (κ3) is 2.04. The van der Waals surface area contributed by atoms with Crippen LogP contribution in [0.15, 0.2) is 53.7 Å². The standard InChI is InChI=1S/C17H12N8O/c1-10-20-17(23-22-10)24-8-7-12-13(15(24)26)14(11-5-3-2-4-6-11)25-16(21-12)18-9-19-25/h2-9H,1H3,(H,20,22,23). The van der Waals surface area contributed by atoms with E-state index < -0.39 is 0 Å². The number of hydrogen-bond donors (Lipinski definition) is 1. The molecule has 26 heavy (non-hydrogen) atoms. The number of nitrogens with one attached hydrogen (secondary N) is 1. The molecule has 0 bridgehead atoms. The first-order chi connectivity index (χ1) is 12.7. The Hall–Kier alpha value is -3.88. The molecule has 126 valence electrons. The van der Waals surface area contributed by atoms with Gasteiger partial charge < -0.3 is 0 Å². The summed E-state index contributed by atoms with van der Waals surface area (Å²) in [7, 11) is 0. The first kappa shape index (κ1) is 14.5. The Balaban J connectivity index is 1.95. The third-order valence-electron chi connectivity index (χ3n) is 4.12. The van der Waals surface area contributed by atoms with Crippen LogP contribution in [0.4, 0.5) is 0 Å². The lowest BCUT2D eigenvalue weighted by atomic mass is 10.1. The Morgan fingerprint density at radius 1 is 1.08 bits per heavy atom. The van der Waals surface area contributed by atoms with Gasteiger partial charge in [0.05, 0.1) is 16.6 Å². The molecule has 0 aliphatic rings. The Morgan fingerprint density at radius 2 is 1.92 bits per heavy atom. The van der Waals surface area contributed by atoms with E-state index in [0.29, 0.717) is 28.2 Å². The van der Waals surface area contributed by atoms with Crippen LogP contribution < -0.4 is 5.56 Å². The number of aromatic amines is 1. The van der Waals surface area contributed by atoms with E-state index in [1.807, 2.05) is 30.3 Å². The molecule has 0 amide bonds. The topological polar surface area (TPSA) is 107 Å². The maximum absolute atomic E-state index is 13.3. The van der Waals surface area contributed by atoms with E-state index in [4.69, 9.17) is 0 Å². The molecular weight excluding hydrogens is 332 g/mol. The number of nitrogens with zero attached hydrogens (tertiary/aromatic N) is 7. The first-order valence-corrected chi connectivity index (χ1v) is 7.92. The zero-order valence-electron chi connectivity index (χ0n) is 13.7.